The Bertz CT molecular complexity index is 421. The van der Waals surface area contributed by atoms with Gasteiger partial charge in [-0.25, -0.2) is 4.39 Å². The lowest BCUT2D eigenvalue weighted by atomic mass is 10.2. The summed E-state index contributed by atoms with van der Waals surface area (Å²) >= 11 is 0. The van der Waals surface area contributed by atoms with E-state index in [2.05, 4.69) is 22.5 Å². The van der Waals surface area contributed by atoms with Crippen LogP contribution in [0.2, 0.25) is 0 Å². The summed E-state index contributed by atoms with van der Waals surface area (Å²) in [6.07, 6.45) is 0. The van der Waals surface area contributed by atoms with E-state index in [1.165, 1.54) is 12.1 Å². The van der Waals surface area contributed by atoms with E-state index in [1.54, 1.807) is 12.1 Å². The van der Waals surface area contributed by atoms with Crippen LogP contribution in [0.15, 0.2) is 24.3 Å². The van der Waals surface area contributed by atoms with Crippen molar-refractivity contribution in [2.24, 2.45) is 0 Å². The highest BCUT2D eigenvalue weighted by atomic mass is 19.1. The number of hydrogen-bond acceptors (Lipinski definition) is 3. The van der Waals surface area contributed by atoms with Crippen LogP contribution in [0.25, 0.3) is 0 Å². The van der Waals surface area contributed by atoms with Gasteiger partial charge in [-0.15, -0.1) is 0 Å². The number of nitrogens with one attached hydrogen (secondary N) is 2. The quantitative estimate of drug-likeness (QED) is 0.844. The monoisotopic (exact) mass is 265 g/mol. The molecule has 5 heteroatoms. The standard InChI is InChI=1S/C14H20FN3O/c1-11-8-16-6-7-18(11)10-14(19)17-9-12-2-4-13(15)5-3-12/h2-5,11,16H,6-10H2,1H3,(H,17,19)/t11-/m1/s1. The summed E-state index contributed by atoms with van der Waals surface area (Å²) < 4.78 is 12.7. The zero-order valence-corrected chi connectivity index (χ0v) is 11.2. The van der Waals surface area contributed by atoms with E-state index in [0.29, 0.717) is 19.1 Å². The Labute approximate surface area is 113 Å². The lowest BCUT2D eigenvalue weighted by molar-refractivity contribution is -0.123. The molecule has 1 fully saturated rings. The molecule has 104 valence electrons. The van der Waals surface area contributed by atoms with Crippen LogP contribution >= 0.6 is 0 Å². The molecular formula is C14H20FN3O. The van der Waals surface area contributed by atoms with Gasteiger partial charge in [-0.3, -0.25) is 9.69 Å². The fraction of sp³-hybridized carbons (Fsp3) is 0.500. The minimum atomic E-state index is -0.260. The number of carbonyl (C=O) groups is 1. The maximum absolute atomic E-state index is 12.7. The number of amides is 1. The third-order valence-corrected chi connectivity index (χ3v) is 3.39. The molecule has 2 rings (SSSR count). The molecule has 0 saturated carbocycles. The Morgan fingerprint density at radius 1 is 1.47 bits per heavy atom. The lowest BCUT2D eigenvalue weighted by Crippen LogP contribution is -2.52. The second-order valence-electron chi connectivity index (χ2n) is 4.93. The average Bonchev–Trinajstić information content (AvgIpc) is 2.41. The van der Waals surface area contributed by atoms with Crippen LogP contribution < -0.4 is 10.6 Å². The Balaban J connectivity index is 1.76. The van der Waals surface area contributed by atoms with E-state index < -0.39 is 0 Å². The van der Waals surface area contributed by atoms with E-state index in [9.17, 15) is 9.18 Å². The van der Waals surface area contributed by atoms with Gasteiger partial charge in [0.25, 0.3) is 0 Å². The topological polar surface area (TPSA) is 44.4 Å². The van der Waals surface area contributed by atoms with Crippen LogP contribution in [0, 0.1) is 5.82 Å². The lowest BCUT2D eigenvalue weighted by Gasteiger charge is -2.33. The number of piperazine rings is 1. The molecule has 4 nitrogen and oxygen atoms in total. The Kier molecular flexibility index (Phi) is 4.87. The predicted octanol–water partition coefficient (Wildman–Crippen LogP) is 0.736. The molecule has 2 N–H and O–H groups in total. The largest absolute Gasteiger partial charge is 0.351 e. The fourth-order valence-corrected chi connectivity index (χ4v) is 2.16. The van der Waals surface area contributed by atoms with Crippen molar-refractivity contribution in [2.45, 2.75) is 19.5 Å². The average molecular weight is 265 g/mol. The second kappa shape index (κ2) is 6.63. The minimum absolute atomic E-state index is 0.0121. The maximum atomic E-state index is 12.7. The summed E-state index contributed by atoms with van der Waals surface area (Å²) in [5.74, 6) is -0.247. The molecule has 1 aromatic rings. The van der Waals surface area contributed by atoms with Crippen molar-refractivity contribution in [1.82, 2.24) is 15.5 Å². The summed E-state index contributed by atoms with van der Waals surface area (Å²) in [4.78, 5) is 14.0. The first kappa shape index (κ1) is 14.0. The van der Waals surface area contributed by atoms with E-state index in [0.717, 1.165) is 25.2 Å². The van der Waals surface area contributed by atoms with Crippen molar-refractivity contribution in [1.29, 1.82) is 0 Å². The van der Waals surface area contributed by atoms with E-state index in [-0.39, 0.29) is 11.7 Å². The van der Waals surface area contributed by atoms with Gasteiger partial charge in [0.1, 0.15) is 5.82 Å². The van der Waals surface area contributed by atoms with Gasteiger partial charge in [-0.1, -0.05) is 12.1 Å². The first-order valence-corrected chi connectivity index (χ1v) is 6.61. The van der Waals surface area contributed by atoms with Crippen molar-refractivity contribution >= 4 is 5.91 Å². The smallest absolute Gasteiger partial charge is 0.234 e. The highest BCUT2D eigenvalue weighted by Crippen LogP contribution is 2.03. The van der Waals surface area contributed by atoms with Crippen molar-refractivity contribution in [3.05, 3.63) is 35.6 Å². The van der Waals surface area contributed by atoms with E-state index >= 15 is 0 Å². The molecule has 1 aromatic carbocycles. The second-order valence-corrected chi connectivity index (χ2v) is 4.93. The van der Waals surface area contributed by atoms with E-state index in [4.69, 9.17) is 0 Å². The molecule has 0 aliphatic carbocycles. The summed E-state index contributed by atoms with van der Waals surface area (Å²) in [7, 11) is 0. The maximum Gasteiger partial charge on any atom is 0.234 e. The number of rotatable bonds is 4. The summed E-state index contributed by atoms with van der Waals surface area (Å²) in [6, 6.07) is 6.55. The van der Waals surface area contributed by atoms with Gasteiger partial charge in [-0.05, 0) is 24.6 Å². The highest BCUT2D eigenvalue weighted by Gasteiger charge is 2.19. The first-order chi connectivity index (χ1) is 9.15. The minimum Gasteiger partial charge on any atom is -0.351 e. The van der Waals surface area contributed by atoms with Crippen molar-refractivity contribution in [2.75, 3.05) is 26.2 Å². The third kappa shape index (κ3) is 4.29. The van der Waals surface area contributed by atoms with Crippen LogP contribution in [-0.4, -0.2) is 43.0 Å². The SMILES string of the molecule is C[C@@H]1CNCCN1CC(=O)NCc1ccc(F)cc1. The van der Waals surface area contributed by atoms with E-state index in [1.807, 2.05) is 0 Å². The molecule has 0 spiro atoms. The van der Waals surface area contributed by atoms with Crippen molar-refractivity contribution < 1.29 is 9.18 Å². The number of halogens is 1. The van der Waals surface area contributed by atoms with Crippen LogP contribution in [-0.2, 0) is 11.3 Å². The van der Waals surface area contributed by atoms with Gasteiger partial charge in [-0.2, -0.15) is 0 Å². The molecule has 19 heavy (non-hydrogen) atoms. The molecule has 0 aromatic heterocycles. The highest BCUT2D eigenvalue weighted by molar-refractivity contribution is 5.78. The van der Waals surface area contributed by atoms with Gasteiger partial charge in [0.05, 0.1) is 6.54 Å². The zero-order valence-electron chi connectivity index (χ0n) is 11.2. The Morgan fingerprint density at radius 2 is 2.21 bits per heavy atom. The summed E-state index contributed by atoms with van der Waals surface area (Å²) in [6.45, 7) is 5.72. The van der Waals surface area contributed by atoms with Crippen molar-refractivity contribution in [3.8, 4) is 0 Å². The molecule has 0 radical (unpaired) electrons. The molecule has 0 bridgehead atoms. The summed E-state index contributed by atoms with van der Waals surface area (Å²) in [5.41, 5.74) is 0.906. The Hall–Kier alpha value is -1.46. The fourth-order valence-electron chi connectivity index (χ4n) is 2.16. The van der Waals surface area contributed by atoms with Crippen LogP contribution in [0.5, 0.6) is 0 Å². The molecular weight excluding hydrogens is 245 g/mol. The number of nitrogens with zero attached hydrogens (tertiary/aromatic N) is 1. The van der Waals surface area contributed by atoms with Crippen LogP contribution in [0.3, 0.4) is 0 Å². The van der Waals surface area contributed by atoms with Crippen molar-refractivity contribution in [3.63, 3.8) is 0 Å². The molecule has 1 saturated heterocycles. The first-order valence-electron chi connectivity index (χ1n) is 6.61. The van der Waals surface area contributed by atoms with Crippen LogP contribution in [0.4, 0.5) is 4.39 Å². The van der Waals surface area contributed by atoms with Gasteiger partial charge in [0.15, 0.2) is 0 Å². The zero-order chi connectivity index (χ0) is 13.7. The van der Waals surface area contributed by atoms with Crippen LogP contribution in [0.1, 0.15) is 12.5 Å². The van der Waals surface area contributed by atoms with Gasteiger partial charge < -0.3 is 10.6 Å². The molecule has 1 aliphatic heterocycles. The molecule has 1 heterocycles. The van der Waals surface area contributed by atoms with Gasteiger partial charge in [0.2, 0.25) is 5.91 Å². The molecule has 1 aliphatic rings. The third-order valence-electron chi connectivity index (χ3n) is 3.39. The number of carbonyl (C=O) groups excluding carboxylic acids is 1. The summed E-state index contributed by atoms with van der Waals surface area (Å²) in [5, 5.41) is 6.15. The van der Waals surface area contributed by atoms with Gasteiger partial charge in [0, 0.05) is 32.2 Å². The Morgan fingerprint density at radius 3 is 2.89 bits per heavy atom. The molecule has 1 atom stereocenters. The number of hydrogen-bond donors (Lipinski definition) is 2. The predicted molar refractivity (Wildman–Crippen MR) is 72.2 cm³/mol. The van der Waals surface area contributed by atoms with Gasteiger partial charge >= 0.3 is 0 Å². The molecule has 1 amide bonds. The molecule has 0 unspecified atom stereocenters. The normalized spacial score (nSPS) is 20.2. The number of benzene rings is 1.